The van der Waals surface area contributed by atoms with Gasteiger partial charge in [-0.05, 0) is 37.1 Å². The van der Waals surface area contributed by atoms with Crippen LogP contribution in [0.25, 0.3) is 0 Å². The zero-order chi connectivity index (χ0) is 19.8. The van der Waals surface area contributed by atoms with E-state index in [0.29, 0.717) is 14.9 Å². The first kappa shape index (κ1) is 20.0. The van der Waals surface area contributed by atoms with Gasteiger partial charge in [0.25, 0.3) is 5.91 Å². The van der Waals surface area contributed by atoms with Crippen LogP contribution < -0.4 is 5.32 Å². The van der Waals surface area contributed by atoms with E-state index < -0.39 is 27.5 Å². The van der Waals surface area contributed by atoms with E-state index in [9.17, 15) is 22.4 Å². The number of thiophene rings is 1. The molecule has 0 fully saturated rings. The molecular weight excluding hydrogens is 461 g/mol. The van der Waals surface area contributed by atoms with E-state index in [1.54, 1.807) is 6.92 Å². The molecule has 0 saturated heterocycles. The van der Waals surface area contributed by atoms with Gasteiger partial charge in [0.05, 0.1) is 29.2 Å². The molecule has 3 rings (SSSR count). The first-order chi connectivity index (χ1) is 12.7. The van der Waals surface area contributed by atoms with Crippen LogP contribution in [0.5, 0.6) is 0 Å². The molecule has 0 spiro atoms. The first-order valence-electron chi connectivity index (χ1n) is 8.00. The molecule has 0 unspecified atom stereocenters. The predicted octanol–water partition coefficient (Wildman–Crippen LogP) is 3.55. The third-order valence-electron chi connectivity index (χ3n) is 3.99. The van der Waals surface area contributed by atoms with Gasteiger partial charge in [0.1, 0.15) is 10.8 Å². The van der Waals surface area contributed by atoms with E-state index in [4.69, 9.17) is 4.74 Å². The Morgan fingerprint density at radius 2 is 2.11 bits per heavy atom. The highest BCUT2D eigenvalue weighted by Gasteiger charge is 2.32. The van der Waals surface area contributed by atoms with Crippen molar-refractivity contribution >= 4 is 54.0 Å². The van der Waals surface area contributed by atoms with E-state index in [0.717, 1.165) is 17.4 Å². The average Bonchev–Trinajstić information content (AvgIpc) is 2.90. The van der Waals surface area contributed by atoms with E-state index >= 15 is 0 Å². The van der Waals surface area contributed by atoms with E-state index in [2.05, 4.69) is 21.2 Å². The Morgan fingerprint density at radius 1 is 1.37 bits per heavy atom. The summed E-state index contributed by atoms with van der Waals surface area (Å²) in [6, 6.07) is 4.00. The van der Waals surface area contributed by atoms with Crippen molar-refractivity contribution in [3.63, 3.8) is 0 Å². The number of anilines is 1. The van der Waals surface area contributed by atoms with Gasteiger partial charge in [-0.2, -0.15) is 0 Å². The highest BCUT2D eigenvalue weighted by molar-refractivity contribution is 9.10. The van der Waals surface area contributed by atoms with Gasteiger partial charge >= 0.3 is 5.97 Å². The third kappa shape index (κ3) is 4.22. The molecule has 0 atom stereocenters. The van der Waals surface area contributed by atoms with Gasteiger partial charge in [0, 0.05) is 9.35 Å². The SMILES string of the molecule is CCOC(=O)c1c(NC(=O)c2ccc(Br)cc2F)sc2c1CCS(=O)(=O)C2. The molecule has 1 aromatic carbocycles. The molecule has 10 heteroatoms. The second-order valence-corrected chi connectivity index (χ2v) is 10.1. The number of rotatable bonds is 4. The number of ether oxygens (including phenoxy) is 1. The lowest BCUT2D eigenvalue weighted by atomic mass is 10.1. The standard InChI is InChI=1S/C17H15BrFNO5S2/c1-2-25-17(22)14-11-5-6-27(23,24)8-13(11)26-16(14)20-15(21)10-4-3-9(18)7-12(10)19/h3-4,7H,2,5-6,8H2,1H3,(H,20,21). The zero-order valence-corrected chi connectivity index (χ0v) is 17.4. The number of sulfone groups is 1. The van der Waals surface area contributed by atoms with Crippen molar-refractivity contribution < 1.29 is 27.1 Å². The number of esters is 1. The molecule has 1 aromatic heterocycles. The number of halogens is 2. The molecule has 6 nitrogen and oxygen atoms in total. The van der Waals surface area contributed by atoms with Crippen LogP contribution >= 0.6 is 27.3 Å². The number of fused-ring (bicyclic) bond motifs is 1. The van der Waals surface area contributed by atoms with Gasteiger partial charge in [-0.15, -0.1) is 11.3 Å². The molecule has 1 aliphatic rings. The Hall–Kier alpha value is -1.78. The number of carbonyl (C=O) groups is 2. The van der Waals surface area contributed by atoms with Crippen molar-refractivity contribution in [1.29, 1.82) is 0 Å². The van der Waals surface area contributed by atoms with Crippen LogP contribution in [0.1, 0.15) is 38.1 Å². The highest BCUT2D eigenvalue weighted by Crippen LogP contribution is 2.38. The number of nitrogens with one attached hydrogen (secondary N) is 1. The molecule has 1 N–H and O–H groups in total. The van der Waals surface area contributed by atoms with Gasteiger partial charge in [-0.1, -0.05) is 15.9 Å². The second kappa shape index (κ2) is 7.69. The lowest BCUT2D eigenvalue weighted by Crippen LogP contribution is -2.20. The van der Waals surface area contributed by atoms with Crippen molar-refractivity contribution in [3.8, 4) is 0 Å². The summed E-state index contributed by atoms with van der Waals surface area (Å²) in [4.78, 5) is 25.4. The average molecular weight is 476 g/mol. The fraction of sp³-hybridized carbons (Fsp3) is 0.294. The summed E-state index contributed by atoms with van der Waals surface area (Å²) in [5.41, 5.74) is 0.532. The summed E-state index contributed by atoms with van der Waals surface area (Å²) in [5.74, 6) is -2.35. The van der Waals surface area contributed by atoms with E-state index in [1.807, 2.05) is 0 Å². The number of carbonyl (C=O) groups excluding carboxylic acids is 2. The monoisotopic (exact) mass is 475 g/mol. The summed E-state index contributed by atoms with van der Waals surface area (Å²) in [6.07, 6.45) is 0.171. The van der Waals surface area contributed by atoms with Crippen LogP contribution in [0.2, 0.25) is 0 Å². The minimum atomic E-state index is -3.25. The molecule has 2 heterocycles. The van der Waals surface area contributed by atoms with Crippen molar-refractivity contribution in [3.05, 3.63) is 50.1 Å². The van der Waals surface area contributed by atoms with Crippen LogP contribution in [0, 0.1) is 5.82 Å². The fourth-order valence-electron chi connectivity index (χ4n) is 2.77. The molecule has 1 amide bonds. The van der Waals surface area contributed by atoms with Gasteiger partial charge in [-0.25, -0.2) is 17.6 Å². The van der Waals surface area contributed by atoms with Crippen LogP contribution in [0.15, 0.2) is 22.7 Å². The number of benzene rings is 1. The van der Waals surface area contributed by atoms with Crippen LogP contribution in [-0.4, -0.2) is 32.7 Å². The summed E-state index contributed by atoms with van der Waals surface area (Å²) < 4.78 is 43.4. The Balaban J connectivity index is 2.00. The molecule has 0 bridgehead atoms. The lowest BCUT2D eigenvalue weighted by molar-refractivity contribution is 0.0527. The topological polar surface area (TPSA) is 89.5 Å². The second-order valence-electron chi connectivity index (χ2n) is 5.85. The van der Waals surface area contributed by atoms with Crippen LogP contribution in [0.4, 0.5) is 9.39 Å². The van der Waals surface area contributed by atoms with Crippen molar-refractivity contribution in [2.75, 3.05) is 17.7 Å². The van der Waals surface area contributed by atoms with Gasteiger partial charge in [0.15, 0.2) is 9.84 Å². The Kier molecular flexibility index (Phi) is 5.68. The Bertz CT molecular complexity index is 1030. The van der Waals surface area contributed by atoms with Gasteiger partial charge < -0.3 is 10.1 Å². The summed E-state index contributed by atoms with van der Waals surface area (Å²) in [5, 5.41) is 2.71. The Labute approximate surface area is 167 Å². The number of hydrogen-bond donors (Lipinski definition) is 1. The Morgan fingerprint density at radius 3 is 2.78 bits per heavy atom. The maximum Gasteiger partial charge on any atom is 0.341 e. The largest absolute Gasteiger partial charge is 0.462 e. The van der Waals surface area contributed by atoms with E-state index in [1.165, 1.54) is 12.1 Å². The normalized spacial score (nSPS) is 15.1. The molecule has 2 aromatic rings. The quantitative estimate of drug-likeness (QED) is 0.682. The predicted molar refractivity (Wildman–Crippen MR) is 104 cm³/mol. The smallest absolute Gasteiger partial charge is 0.341 e. The van der Waals surface area contributed by atoms with Crippen molar-refractivity contribution in [2.45, 2.75) is 19.1 Å². The fourth-order valence-corrected chi connectivity index (χ4v) is 6.14. The summed E-state index contributed by atoms with van der Waals surface area (Å²) >= 11 is 4.13. The van der Waals surface area contributed by atoms with Gasteiger partial charge in [-0.3, -0.25) is 4.79 Å². The van der Waals surface area contributed by atoms with Gasteiger partial charge in [0.2, 0.25) is 0 Å². The van der Waals surface area contributed by atoms with Crippen molar-refractivity contribution in [2.24, 2.45) is 0 Å². The molecule has 1 aliphatic heterocycles. The first-order valence-corrected chi connectivity index (χ1v) is 11.4. The maximum absolute atomic E-state index is 14.1. The van der Waals surface area contributed by atoms with E-state index in [-0.39, 0.29) is 40.7 Å². The molecular formula is C17H15BrFNO5S2. The molecule has 144 valence electrons. The molecule has 0 radical (unpaired) electrons. The lowest BCUT2D eigenvalue weighted by Gasteiger charge is -2.13. The number of amides is 1. The van der Waals surface area contributed by atoms with Crippen LogP contribution in [0.3, 0.4) is 0 Å². The summed E-state index contributed by atoms with van der Waals surface area (Å²) in [7, 11) is -3.25. The molecule has 0 saturated carbocycles. The minimum absolute atomic E-state index is 0.0716. The molecule has 27 heavy (non-hydrogen) atoms. The van der Waals surface area contributed by atoms with Crippen molar-refractivity contribution in [1.82, 2.24) is 0 Å². The molecule has 0 aliphatic carbocycles. The van der Waals surface area contributed by atoms with Crippen LogP contribution in [-0.2, 0) is 26.7 Å². The highest BCUT2D eigenvalue weighted by atomic mass is 79.9. The zero-order valence-electron chi connectivity index (χ0n) is 14.2. The summed E-state index contributed by atoms with van der Waals surface area (Å²) in [6.45, 7) is 1.78. The third-order valence-corrected chi connectivity index (χ3v) is 7.37. The maximum atomic E-state index is 14.1. The minimum Gasteiger partial charge on any atom is -0.462 e. The number of hydrogen-bond acceptors (Lipinski definition) is 6.